The van der Waals surface area contributed by atoms with Crippen LogP contribution < -0.4 is 5.32 Å². The third-order valence-electron chi connectivity index (χ3n) is 7.09. The highest BCUT2D eigenvalue weighted by Gasteiger charge is 2.61. The maximum absolute atomic E-state index is 13.8. The van der Waals surface area contributed by atoms with Crippen molar-refractivity contribution in [1.29, 1.82) is 5.41 Å². The van der Waals surface area contributed by atoms with Gasteiger partial charge >= 0.3 is 6.18 Å². The first-order valence-corrected chi connectivity index (χ1v) is 11.2. The van der Waals surface area contributed by atoms with E-state index in [0.717, 1.165) is 37.2 Å². The Kier molecular flexibility index (Phi) is 7.64. The molecule has 0 radical (unpaired) electrons. The summed E-state index contributed by atoms with van der Waals surface area (Å²) in [6.07, 6.45) is -5.65. The molecular formula is C23H28F6N4O3. The quantitative estimate of drug-likeness (QED) is 0.272. The predicted molar refractivity (Wildman–Crippen MR) is 118 cm³/mol. The van der Waals surface area contributed by atoms with Gasteiger partial charge in [-0.15, -0.1) is 0 Å². The van der Waals surface area contributed by atoms with Crippen LogP contribution in [0.15, 0.2) is 35.3 Å². The average Bonchev–Trinajstić information content (AvgIpc) is 3.17. The molecule has 7 nitrogen and oxygen atoms in total. The molecule has 36 heavy (non-hydrogen) atoms. The minimum atomic E-state index is -4.73. The normalized spacial score (nSPS) is 26.4. The van der Waals surface area contributed by atoms with E-state index in [9.17, 15) is 41.0 Å². The maximum Gasteiger partial charge on any atom is 0.402 e. The van der Waals surface area contributed by atoms with Crippen LogP contribution in [0, 0.1) is 22.2 Å². The second-order valence-corrected chi connectivity index (χ2v) is 9.93. The number of alkyl halides is 5. The first-order chi connectivity index (χ1) is 16.7. The first-order valence-electron chi connectivity index (χ1n) is 11.2. The van der Waals surface area contributed by atoms with E-state index in [1.807, 2.05) is 0 Å². The fraction of sp³-hybridized carbons (Fsp3) is 0.609. The number of hydrogen-bond donors (Lipinski definition) is 3. The van der Waals surface area contributed by atoms with Gasteiger partial charge in [0.05, 0.1) is 5.57 Å². The van der Waals surface area contributed by atoms with Crippen molar-refractivity contribution in [1.82, 2.24) is 15.1 Å². The number of nitrogens with zero attached hydrogens (tertiary/aromatic N) is 2. The molecule has 200 valence electrons. The lowest BCUT2D eigenvalue weighted by molar-refractivity contribution is -0.223. The van der Waals surface area contributed by atoms with Crippen molar-refractivity contribution in [2.24, 2.45) is 16.7 Å². The van der Waals surface area contributed by atoms with Crippen molar-refractivity contribution in [3.05, 3.63) is 35.3 Å². The largest absolute Gasteiger partial charge is 0.402 e. The highest BCUT2D eigenvalue weighted by atomic mass is 19.4. The summed E-state index contributed by atoms with van der Waals surface area (Å²) in [6.45, 7) is 1.00. The molecule has 3 atom stereocenters. The Morgan fingerprint density at radius 2 is 1.75 bits per heavy atom. The Balaban J connectivity index is 1.64. The Labute approximate surface area is 204 Å². The van der Waals surface area contributed by atoms with Gasteiger partial charge < -0.3 is 25.6 Å². The van der Waals surface area contributed by atoms with E-state index in [4.69, 9.17) is 5.41 Å². The molecule has 2 heterocycles. The van der Waals surface area contributed by atoms with Crippen LogP contribution in [0.25, 0.3) is 0 Å². The number of carbonyl (C=O) groups is 2. The summed E-state index contributed by atoms with van der Waals surface area (Å²) in [5.41, 5.74) is -3.64. The van der Waals surface area contributed by atoms with Gasteiger partial charge in [-0.25, -0.2) is 13.2 Å². The number of likely N-dealkylation sites (tertiary alicyclic amines) is 2. The smallest absolute Gasteiger partial charge is 0.396 e. The minimum Gasteiger partial charge on any atom is -0.396 e. The lowest BCUT2D eigenvalue weighted by atomic mass is 9.71. The summed E-state index contributed by atoms with van der Waals surface area (Å²) >= 11 is 0. The van der Waals surface area contributed by atoms with Crippen LogP contribution in [0.2, 0.25) is 0 Å². The summed E-state index contributed by atoms with van der Waals surface area (Å²) in [4.78, 5) is 27.8. The number of nitrogens with one attached hydrogen (secondary N) is 2. The molecule has 1 spiro atoms. The SMILES string of the molecule is CC(C)(C(=O)N1CC2(CN(C(=O)/C(C=N)=C/NCC3=CC(F)C(F)C=C3F)C[C@H]2CO)C1)C(F)(F)F. The van der Waals surface area contributed by atoms with Gasteiger partial charge in [0.15, 0.2) is 12.3 Å². The molecule has 0 saturated carbocycles. The zero-order valence-electron chi connectivity index (χ0n) is 19.7. The lowest BCUT2D eigenvalue weighted by Crippen LogP contribution is -2.66. The molecule has 0 aromatic rings. The van der Waals surface area contributed by atoms with Gasteiger partial charge in [0.25, 0.3) is 5.91 Å². The van der Waals surface area contributed by atoms with Crippen LogP contribution in [0.1, 0.15) is 13.8 Å². The van der Waals surface area contributed by atoms with Crippen LogP contribution in [0.5, 0.6) is 0 Å². The van der Waals surface area contributed by atoms with E-state index < -0.39 is 52.9 Å². The van der Waals surface area contributed by atoms with E-state index in [-0.39, 0.29) is 50.5 Å². The molecule has 3 N–H and O–H groups in total. The van der Waals surface area contributed by atoms with Gasteiger partial charge in [-0.1, -0.05) is 0 Å². The fourth-order valence-corrected chi connectivity index (χ4v) is 4.64. The van der Waals surface area contributed by atoms with Gasteiger partial charge in [-0.3, -0.25) is 9.59 Å². The molecule has 13 heteroatoms. The lowest BCUT2D eigenvalue weighted by Gasteiger charge is -2.52. The Bertz CT molecular complexity index is 1000. The molecular weight excluding hydrogens is 494 g/mol. The molecule has 2 saturated heterocycles. The van der Waals surface area contributed by atoms with Crippen LogP contribution >= 0.6 is 0 Å². The third kappa shape index (κ3) is 5.02. The summed E-state index contributed by atoms with van der Waals surface area (Å²) in [5, 5.41) is 20.0. The summed E-state index contributed by atoms with van der Waals surface area (Å²) in [5.74, 6) is -3.13. The number of rotatable bonds is 7. The maximum atomic E-state index is 13.8. The van der Waals surface area contributed by atoms with Crippen molar-refractivity contribution in [2.45, 2.75) is 32.4 Å². The predicted octanol–water partition coefficient (Wildman–Crippen LogP) is 2.45. The second-order valence-electron chi connectivity index (χ2n) is 9.93. The number of amides is 2. The van der Waals surface area contributed by atoms with Crippen molar-refractivity contribution >= 4 is 18.0 Å². The number of halogens is 6. The van der Waals surface area contributed by atoms with Gasteiger partial charge in [0, 0.05) is 68.7 Å². The molecule has 3 aliphatic rings. The molecule has 1 aliphatic carbocycles. The monoisotopic (exact) mass is 522 g/mol. The average molecular weight is 522 g/mol. The summed E-state index contributed by atoms with van der Waals surface area (Å²) in [7, 11) is 0. The van der Waals surface area contributed by atoms with E-state index in [0.29, 0.717) is 6.08 Å². The van der Waals surface area contributed by atoms with E-state index in [2.05, 4.69) is 5.32 Å². The number of carbonyl (C=O) groups excluding carboxylic acids is 2. The van der Waals surface area contributed by atoms with Gasteiger partial charge in [-0.2, -0.15) is 13.2 Å². The molecule has 2 aliphatic heterocycles. The minimum absolute atomic E-state index is 0.0536. The summed E-state index contributed by atoms with van der Waals surface area (Å²) in [6, 6.07) is 0. The molecule has 2 fully saturated rings. The van der Waals surface area contributed by atoms with Crippen LogP contribution in [0.4, 0.5) is 26.3 Å². The first kappa shape index (κ1) is 27.8. The Morgan fingerprint density at radius 3 is 2.31 bits per heavy atom. The molecule has 2 unspecified atom stereocenters. The van der Waals surface area contributed by atoms with Crippen molar-refractivity contribution in [3.63, 3.8) is 0 Å². The molecule has 0 aromatic heterocycles. The second kappa shape index (κ2) is 9.91. The zero-order valence-corrected chi connectivity index (χ0v) is 19.7. The van der Waals surface area contributed by atoms with E-state index >= 15 is 0 Å². The van der Waals surface area contributed by atoms with Crippen molar-refractivity contribution in [3.8, 4) is 0 Å². The van der Waals surface area contributed by atoms with Crippen LogP contribution in [0.3, 0.4) is 0 Å². The number of aliphatic hydroxyl groups excluding tert-OH is 1. The third-order valence-corrected chi connectivity index (χ3v) is 7.09. The zero-order chi connectivity index (χ0) is 27.1. The Morgan fingerprint density at radius 1 is 1.17 bits per heavy atom. The van der Waals surface area contributed by atoms with Crippen molar-refractivity contribution < 1.29 is 41.0 Å². The topological polar surface area (TPSA) is 96.7 Å². The standard InChI is InChI=1S/C23H28F6N4O3/c1-21(2,23(27,28)29)20(36)33-11-22(12-33)10-32(8-15(22)9-34)19(35)14(5-30)7-31-6-13-3-17(25)18(26)4-16(13)24/h3-5,7,15,17-18,30-31,34H,6,8-12H2,1-2H3/b14-7+,30-5?/t15-,17?,18?/m0/s1. The van der Waals surface area contributed by atoms with Gasteiger partial charge in [0.2, 0.25) is 5.91 Å². The van der Waals surface area contributed by atoms with E-state index in [1.54, 1.807) is 0 Å². The van der Waals surface area contributed by atoms with Crippen LogP contribution in [-0.2, 0) is 9.59 Å². The molecule has 0 aromatic carbocycles. The number of aliphatic hydroxyl groups is 1. The van der Waals surface area contributed by atoms with Gasteiger partial charge in [0.1, 0.15) is 11.2 Å². The molecule has 3 rings (SSSR count). The van der Waals surface area contributed by atoms with Crippen molar-refractivity contribution in [2.75, 3.05) is 39.3 Å². The number of hydrogen-bond acceptors (Lipinski definition) is 5. The molecule has 2 amide bonds. The fourth-order valence-electron chi connectivity index (χ4n) is 4.64. The van der Waals surface area contributed by atoms with Gasteiger partial charge in [-0.05, 0) is 26.0 Å². The summed E-state index contributed by atoms with van der Waals surface area (Å²) < 4.78 is 80.2. The number of allylic oxidation sites excluding steroid dienone is 2. The molecule has 0 bridgehead atoms. The highest BCUT2D eigenvalue weighted by molar-refractivity contribution is 6.11. The van der Waals surface area contributed by atoms with Crippen LogP contribution in [-0.4, -0.2) is 90.8 Å². The Hall–Kier alpha value is -2.83. The van der Waals surface area contributed by atoms with E-state index in [1.165, 1.54) is 4.90 Å². The highest BCUT2D eigenvalue weighted by Crippen LogP contribution is 2.47.